The average Bonchev–Trinajstić information content (AvgIpc) is 2.38. The fraction of sp³-hybridized carbons (Fsp3) is 0.286. The summed E-state index contributed by atoms with van der Waals surface area (Å²) in [5.74, 6) is -0.486. The summed E-state index contributed by atoms with van der Waals surface area (Å²) in [5, 5.41) is 18.1. The highest BCUT2D eigenvalue weighted by atomic mass is 35.5. The Morgan fingerprint density at radius 2 is 2.05 bits per heavy atom. The smallest absolute Gasteiger partial charge is 0.145 e. The van der Waals surface area contributed by atoms with Gasteiger partial charge in [0.25, 0.3) is 0 Å². The number of aliphatic hydroxyl groups is 1. The zero-order valence-corrected chi connectivity index (χ0v) is 11.4. The van der Waals surface area contributed by atoms with Crippen LogP contribution in [0.3, 0.4) is 0 Å². The van der Waals surface area contributed by atoms with Gasteiger partial charge in [-0.1, -0.05) is 23.7 Å². The first-order chi connectivity index (χ1) is 8.99. The second-order valence-corrected chi connectivity index (χ2v) is 4.87. The number of aliphatic hydroxyl groups excluding tert-OH is 1. The van der Waals surface area contributed by atoms with E-state index in [1.165, 1.54) is 6.07 Å². The lowest BCUT2D eigenvalue weighted by molar-refractivity contribution is 0.175. The van der Waals surface area contributed by atoms with Crippen molar-refractivity contribution in [2.45, 2.75) is 26.4 Å². The fourth-order valence-corrected chi connectivity index (χ4v) is 2.13. The van der Waals surface area contributed by atoms with Gasteiger partial charge in [-0.2, -0.15) is 10.2 Å². The molecule has 19 heavy (non-hydrogen) atoms. The molecule has 0 aliphatic rings. The number of nitrogens with zero attached hydrogens (tertiary/aromatic N) is 2. The number of halogens is 2. The van der Waals surface area contributed by atoms with E-state index in [9.17, 15) is 9.50 Å². The van der Waals surface area contributed by atoms with Gasteiger partial charge >= 0.3 is 0 Å². The van der Waals surface area contributed by atoms with Crippen LogP contribution < -0.4 is 0 Å². The lowest BCUT2D eigenvalue weighted by Gasteiger charge is -2.14. The third-order valence-corrected chi connectivity index (χ3v) is 3.24. The maximum atomic E-state index is 13.8. The monoisotopic (exact) mass is 280 g/mol. The summed E-state index contributed by atoms with van der Waals surface area (Å²) in [6, 6.07) is 6.52. The Labute approximate surface area is 116 Å². The van der Waals surface area contributed by atoms with Gasteiger partial charge in [-0.15, -0.1) is 0 Å². The number of hydrogen-bond acceptors (Lipinski definition) is 3. The summed E-state index contributed by atoms with van der Waals surface area (Å²) >= 11 is 5.72. The number of aromatic nitrogens is 2. The molecule has 1 heterocycles. The van der Waals surface area contributed by atoms with Gasteiger partial charge in [0, 0.05) is 12.0 Å². The normalized spacial score (nSPS) is 12.5. The Bertz CT molecular complexity index is 604. The Kier molecular flexibility index (Phi) is 4.12. The van der Waals surface area contributed by atoms with E-state index in [1.54, 1.807) is 32.0 Å². The summed E-state index contributed by atoms with van der Waals surface area (Å²) < 4.78 is 13.8. The number of rotatable bonds is 3. The summed E-state index contributed by atoms with van der Waals surface area (Å²) in [6.07, 6.45) is -0.680. The second kappa shape index (κ2) is 5.63. The molecule has 100 valence electrons. The Morgan fingerprint density at radius 1 is 1.32 bits per heavy atom. The molecule has 2 aromatic rings. The molecule has 0 aliphatic carbocycles. The van der Waals surface area contributed by atoms with E-state index in [4.69, 9.17) is 11.6 Å². The maximum absolute atomic E-state index is 13.8. The van der Waals surface area contributed by atoms with Crippen molar-refractivity contribution in [3.63, 3.8) is 0 Å². The van der Waals surface area contributed by atoms with E-state index in [-0.39, 0.29) is 11.4 Å². The van der Waals surface area contributed by atoms with Crippen LogP contribution in [0, 0.1) is 19.7 Å². The minimum absolute atomic E-state index is 0.0606. The molecule has 1 N–H and O–H groups in total. The minimum atomic E-state index is -0.831. The van der Waals surface area contributed by atoms with Gasteiger partial charge in [-0.25, -0.2) is 4.39 Å². The molecule has 0 saturated heterocycles. The van der Waals surface area contributed by atoms with Gasteiger partial charge in [-0.3, -0.25) is 0 Å². The molecular formula is C14H14ClFN2O. The highest BCUT2D eigenvalue weighted by molar-refractivity contribution is 6.30. The second-order valence-electron chi connectivity index (χ2n) is 4.46. The molecule has 5 heteroatoms. The van der Waals surface area contributed by atoms with E-state index in [0.29, 0.717) is 22.5 Å². The summed E-state index contributed by atoms with van der Waals surface area (Å²) in [7, 11) is 0. The van der Waals surface area contributed by atoms with Gasteiger partial charge in [-0.05, 0) is 31.5 Å². The standard InChI is InChI=1S/C14H14ClFN2O/c1-8-6-11(9(2)18-17-8)13(19)7-10-4-3-5-12(15)14(10)16/h3-6,13,19H,7H2,1-2H3. The van der Waals surface area contributed by atoms with Gasteiger partial charge in [0.2, 0.25) is 0 Å². The van der Waals surface area contributed by atoms with Gasteiger partial charge in [0.1, 0.15) is 5.82 Å². The topological polar surface area (TPSA) is 46.0 Å². The van der Waals surface area contributed by atoms with Crippen molar-refractivity contribution < 1.29 is 9.50 Å². The molecule has 1 aromatic carbocycles. The molecule has 0 radical (unpaired) electrons. The molecule has 0 fully saturated rings. The third-order valence-electron chi connectivity index (χ3n) is 2.94. The average molecular weight is 281 g/mol. The highest BCUT2D eigenvalue weighted by Gasteiger charge is 2.16. The minimum Gasteiger partial charge on any atom is -0.388 e. The molecule has 1 unspecified atom stereocenters. The van der Waals surface area contributed by atoms with Crippen molar-refractivity contribution in [3.05, 3.63) is 57.6 Å². The van der Waals surface area contributed by atoms with Crippen LogP contribution >= 0.6 is 11.6 Å². The van der Waals surface area contributed by atoms with Gasteiger partial charge < -0.3 is 5.11 Å². The SMILES string of the molecule is Cc1cc(C(O)Cc2cccc(Cl)c2F)c(C)nn1. The van der Waals surface area contributed by atoms with Crippen molar-refractivity contribution in [2.75, 3.05) is 0 Å². The zero-order chi connectivity index (χ0) is 14.0. The van der Waals surface area contributed by atoms with E-state index in [2.05, 4.69) is 10.2 Å². The Balaban J connectivity index is 2.28. The van der Waals surface area contributed by atoms with Crippen LogP contribution in [0.15, 0.2) is 24.3 Å². The largest absolute Gasteiger partial charge is 0.388 e. The lowest BCUT2D eigenvalue weighted by Crippen LogP contribution is -2.08. The predicted molar refractivity (Wildman–Crippen MR) is 71.6 cm³/mol. The molecule has 0 aliphatic heterocycles. The van der Waals surface area contributed by atoms with Crippen LogP contribution in [0.5, 0.6) is 0 Å². The Hall–Kier alpha value is -1.52. The number of hydrogen-bond donors (Lipinski definition) is 1. The van der Waals surface area contributed by atoms with Gasteiger partial charge in [0.05, 0.1) is 22.5 Å². The third kappa shape index (κ3) is 3.08. The molecule has 1 atom stereocenters. The molecule has 2 rings (SSSR count). The van der Waals surface area contributed by atoms with Crippen molar-refractivity contribution in [1.29, 1.82) is 0 Å². The zero-order valence-electron chi connectivity index (χ0n) is 10.7. The summed E-state index contributed by atoms with van der Waals surface area (Å²) in [5.41, 5.74) is 2.40. The van der Waals surface area contributed by atoms with E-state index >= 15 is 0 Å². The highest BCUT2D eigenvalue weighted by Crippen LogP contribution is 2.25. The van der Waals surface area contributed by atoms with E-state index in [0.717, 1.165) is 0 Å². The molecule has 3 nitrogen and oxygen atoms in total. The summed E-state index contributed by atoms with van der Waals surface area (Å²) in [4.78, 5) is 0. The molecule has 0 bridgehead atoms. The van der Waals surface area contributed by atoms with Crippen LogP contribution in [0.2, 0.25) is 5.02 Å². The first-order valence-electron chi connectivity index (χ1n) is 5.91. The first-order valence-corrected chi connectivity index (χ1v) is 6.28. The fourth-order valence-electron chi connectivity index (χ4n) is 1.93. The summed E-state index contributed by atoms with van der Waals surface area (Å²) in [6.45, 7) is 3.56. The van der Waals surface area contributed by atoms with Crippen LogP contribution in [-0.4, -0.2) is 15.3 Å². The molecule has 0 amide bonds. The van der Waals surface area contributed by atoms with Crippen molar-refractivity contribution in [3.8, 4) is 0 Å². The van der Waals surface area contributed by atoms with E-state index < -0.39 is 11.9 Å². The maximum Gasteiger partial charge on any atom is 0.145 e. The number of benzene rings is 1. The van der Waals surface area contributed by atoms with Crippen molar-refractivity contribution in [2.24, 2.45) is 0 Å². The van der Waals surface area contributed by atoms with Crippen molar-refractivity contribution >= 4 is 11.6 Å². The van der Waals surface area contributed by atoms with Crippen LogP contribution in [0.1, 0.15) is 28.6 Å². The van der Waals surface area contributed by atoms with Crippen LogP contribution in [-0.2, 0) is 6.42 Å². The van der Waals surface area contributed by atoms with Crippen LogP contribution in [0.4, 0.5) is 4.39 Å². The van der Waals surface area contributed by atoms with Gasteiger partial charge in [0.15, 0.2) is 0 Å². The molecular weight excluding hydrogens is 267 g/mol. The number of aryl methyl sites for hydroxylation is 2. The molecule has 1 aromatic heterocycles. The van der Waals surface area contributed by atoms with Crippen LogP contribution in [0.25, 0.3) is 0 Å². The lowest BCUT2D eigenvalue weighted by atomic mass is 10.00. The van der Waals surface area contributed by atoms with E-state index in [1.807, 2.05) is 0 Å². The Morgan fingerprint density at radius 3 is 2.79 bits per heavy atom. The predicted octanol–water partition coefficient (Wildman–Crippen LogP) is 3.16. The van der Waals surface area contributed by atoms with Crippen molar-refractivity contribution in [1.82, 2.24) is 10.2 Å². The molecule has 0 saturated carbocycles. The molecule has 0 spiro atoms. The first kappa shape index (κ1) is 13.9. The quantitative estimate of drug-likeness (QED) is 0.939.